The van der Waals surface area contributed by atoms with Crippen molar-refractivity contribution in [1.82, 2.24) is 4.90 Å². The molecule has 1 saturated heterocycles. The van der Waals surface area contributed by atoms with Crippen LogP contribution in [0.2, 0.25) is 0 Å². The van der Waals surface area contributed by atoms with Crippen LogP contribution < -0.4 is 0 Å². The quantitative estimate of drug-likeness (QED) is 0.866. The van der Waals surface area contributed by atoms with E-state index in [9.17, 15) is 9.90 Å². The molecule has 0 unspecified atom stereocenters. The Bertz CT molecular complexity index is 575. The van der Waals surface area contributed by atoms with E-state index < -0.39 is 11.5 Å². The Morgan fingerprint density at radius 2 is 2.10 bits per heavy atom. The second-order valence-electron chi connectivity index (χ2n) is 5.31. The summed E-state index contributed by atoms with van der Waals surface area (Å²) in [5.41, 5.74) is -1.28. The molecule has 20 heavy (non-hydrogen) atoms. The minimum atomic E-state index is -1.28. The van der Waals surface area contributed by atoms with Crippen LogP contribution in [0.4, 0.5) is 0 Å². The molecule has 0 amide bonds. The predicted molar refractivity (Wildman–Crippen MR) is 71.2 cm³/mol. The predicted octanol–water partition coefficient (Wildman–Crippen LogP) is 1.89. The van der Waals surface area contributed by atoms with Crippen molar-refractivity contribution in [3.8, 4) is 0 Å². The third kappa shape index (κ3) is 2.09. The van der Waals surface area contributed by atoms with E-state index in [0.29, 0.717) is 25.3 Å². The van der Waals surface area contributed by atoms with Gasteiger partial charge >= 0.3 is 0 Å². The minimum Gasteiger partial charge on any atom is -0.466 e. The van der Waals surface area contributed by atoms with Gasteiger partial charge in [0.1, 0.15) is 11.4 Å². The molecule has 2 aromatic heterocycles. The zero-order valence-electron chi connectivity index (χ0n) is 11.3. The maximum Gasteiger partial charge on any atom is 0.205 e. The van der Waals surface area contributed by atoms with Crippen LogP contribution >= 0.6 is 0 Å². The summed E-state index contributed by atoms with van der Waals surface area (Å²) in [7, 11) is 1.93. The van der Waals surface area contributed by atoms with Gasteiger partial charge in [0.25, 0.3) is 0 Å². The fourth-order valence-corrected chi connectivity index (χ4v) is 2.80. The molecule has 0 spiro atoms. The Balaban J connectivity index is 1.97. The summed E-state index contributed by atoms with van der Waals surface area (Å²) in [4.78, 5) is 14.6. The smallest absolute Gasteiger partial charge is 0.205 e. The van der Waals surface area contributed by atoms with Crippen molar-refractivity contribution in [3.05, 3.63) is 48.3 Å². The van der Waals surface area contributed by atoms with Crippen molar-refractivity contribution in [2.45, 2.75) is 12.0 Å². The third-order valence-electron chi connectivity index (χ3n) is 3.97. The van der Waals surface area contributed by atoms with Crippen LogP contribution in [0, 0.1) is 5.92 Å². The molecular weight excluding hydrogens is 258 g/mol. The number of likely N-dealkylation sites (tertiary alicyclic amines) is 1. The lowest BCUT2D eigenvalue weighted by Gasteiger charge is -2.41. The van der Waals surface area contributed by atoms with E-state index in [1.807, 2.05) is 11.9 Å². The van der Waals surface area contributed by atoms with E-state index in [4.69, 9.17) is 8.83 Å². The lowest BCUT2D eigenvalue weighted by atomic mass is 9.76. The number of furan rings is 2. The maximum absolute atomic E-state index is 12.6. The number of Topliss-reactive ketones (excluding diaryl/α,β-unsaturated/α-hetero) is 1. The van der Waals surface area contributed by atoms with Crippen LogP contribution in [0.3, 0.4) is 0 Å². The summed E-state index contributed by atoms with van der Waals surface area (Å²) in [5.74, 6) is -0.0789. The lowest BCUT2D eigenvalue weighted by Crippen LogP contribution is -2.51. The van der Waals surface area contributed by atoms with Gasteiger partial charge in [-0.25, -0.2) is 0 Å². The normalized spacial score (nSPS) is 27.6. The number of aliphatic hydroxyl groups is 1. The monoisotopic (exact) mass is 275 g/mol. The Morgan fingerprint density at radius 3 is 2.75 bits per heavy atom. The SMILES string of the molecule is CN1CC[C@](O)(c2ccco2)[C@@H](C(=O)c2ccco2)C1. The second-order valence-corrected chi connectivity index (χ2v) is 5.31. The Morgan fingerprint density at radius 1 is 1.35 bits per heavy atom. The van der Waals surface area contributed by atoms with Gasteiger partial charge in [0, 0.05) is 13.1 Å². The molecule has 0 aliphatic carbocycles. The topological polar surface area (TPSA) is 66.8 Å². The first-order valence-corrected chi connectivity index (χ1v) is 6.64. The molecule has 3 rings (SSSR count). The van der Waals surface area contributed by atoms with E-state index >= 15 is 0 Å². The molecular formula is C15H17NO4. The molecule has 3 heterocycles. The van der Waals surface area contributed by atoms with Gasteiger partial charge in [-0.05, 0) is 37.7 Å². The number of carbonyl (C=O) groups is 1. The van der Waals surface area contributed by atoms with Crippen LogP contribution in [-0.2, 0) is 5.60 Å². The standard InChI is InChI=1S/C15H17NO4/c1-16-7-6-15(18,13-5-3-9-20-13)11(10-16)14(17)12-4-2-8-19-12/h2-5,8-9,11,18H,6-7,10H2,1H3/t11-,15-/m1/s1. The van der Waals surface area contributed by atoms with Crippen molar-refractivity contribution in [1.29, 1.82) is 0 Å². The van der Waals surface area contributed by atoms with Gasteiger partial charge in [0.15, 0.2) is 5.76 Å². The molecule has 1 aliphatic rings. The van der Waals surface area contributed by atoms with E-state index in [2.05, 4.69) is 0 Å². The first-order chi connectivity index (χ1) is 9.61. The molecule has 0 aromatic carbocycles. The summed E-state index contributed by atoms with van der Waals surface area (Å²) < 4.78 is 10.5. The molecule has 5 heteroatoms. The average molecular weight is 275 g/mol. The number of rotatable bonds is 3. The molecule has 1 N–H and O–H groups in total. The minimum absolute atomic E-state index is 0.194. The highest BCUT2D eigenvalue weighted by atomic mass is 16.4. The van der Waals surface area contributed by atoms with Crippen molar-refractivity contribution in [2.75, 3.05) is 20.1 Å². The summed E-state index contributed by atoms with van der Waals surface area (Å²) >= 11 is 0. The summed E-state index contributed by atoms with van der Waals surface area (Å²) in [6.07, 6.45) is 3.43. The van der Waals surface area contributed by atoms with Gasteiger partial charge < -0.3 is 18.8 Å². The Labute approximate surface area is 116 Å². The van der Waals surface area contributed by atoms with Crippen molar-refractivity contribution < 1.29 is 18.7 Å². The maximum atomic E-state index is 12.6. The molecule has 0 bridgehead atoms. The van der Waals surface area contributed by atoms with Gasteiger partial charge in [-0.3, -0.25) is 4.79 Å². The van der Waals surface area contributed by atoms with E-state index in [-0.39, 0.29) is 11.5 Å². The first kappa shape index (κ1) is 13.1. The van der Waals surface area contributed by atoms with Gasteiger partial charge in [-0.15, -0.1) is 0 Å². The van der Waals surface area contributed by atoms with E-state index in [1.165, 1.54) is 12.5 Å². The van der Waals surface area contributed by atoms with E-state index in [0.717, 1.165) is 0 Å². The molecule has 5 nitrogen and oxygen atoms in total. The molecule has 0 radical (unpaired) electrons. The molecule has 0 saturated carbocycles. The Kier molecular flexibility index (Phi) is 3.23. The zero-order chi connectivity index (χ0) is 14.2. The largest absolute Gasteiger partial charge is 0.466 e. The second kappa shape index (κ2) is 4.92. The van der Waals surface area contributed by atoms with Gasteiger partial charge in [-0.1, -0.05) is 0 Å². The van der Waals surface area contributed by atoms with Crippen LogP contribution in [0.5, 0.6) is 0 Å². The molecule has 106 valence electrons. The molecule has 1 fully saturated rings. The van der Waals surface area contributed by atoms with Crippen LogP contribution in [-0.4, -0.2) is 35.9 Å². The molecule has 1 aliphatic heterocycles. The van der Waals surface area contributed by atoms with Crippen molar-refractivity contribution in [2.24, 2.45) is 5.92 Å². The Hall–Kier alpha value is -1.85. The third-order valence-corrected chi connectivity index (χ3v) is 3.97. The summed E-state index contributed by atoms with van der Waals surface area (Å²) in [6.45, 7) is 1.18. The van der Waals surface area contributed by atoms with Gasteiger partial charge in [0.2, 0.25) is 5.78 Å². The molecule has 2 aromatic rings. The zero-order valence-corrected chi connectivity index (χ0v) is 11.3. The highest BCUT2D eigenvalue weighted by Gasteiger charge is 2.48. The fraction of sp³-hybridized carbons (Fsp3) is 0.400. The van der Waals surface area contributed by atoms with Crippen LogP contribution in [0.1, 0.15) is 22.7 Å². The first-order valence-electron chi connectivity index (χ1n) is 6.64. The van der Waals surface area contributed by atoms with Crippen LogP contribution in [0.15, 0.2) is 45.6 Å². The van der Waals surface area contributed by atoms with Crippen molar-refractivity contribution in [3.63, 3.8) is 0 Å². The number of carbonyl (C=O) groups excluding carboxylic acids is 1. The fourth-order valence-electron chi connectivity index (χ4n) is 2.80. The van der Waals surface area contributed by atoms with Gasteiger partial charge in [-0.2, -0.15) is 0 Å². The van der Waals surface area contributed by atoms with E-state index in [1.54, 1.807) is 24.3 Å². The number of piperidine rings is 1. The summed E-state index contributed by atoms with van der Waals surface area (Å²) in [6, 6.07) is 6.74. The number of hydrogen-bond donors (Lipinski definition) is 1. The molecule has 2 atom stereocenters. The number of ketones is 1. The van der Waals surface area contributed by atoms with Crippen LogP contribution in [0.25, 0.3) is 0 Å². The highest BCUT2D eigenvalue weighted by Crippen LogP contribution is 2.39. The summed E-state index contributed by atoms with van der Waals surface area (Å²) in [5, 5.41) is 11.0. The number of nitrogens with zero attached hydrogens (tertiary/aromatic N) is 1. The van der Waals surface area contributed by atoms with Gasteiger partial charge in [0.05, 0.1) is 18.4 Å². The average Bonchev–Trinajstić information content (AvgIpc) is 3.13. The highest BCUT2D eigenvalue weighted by molar-refractivity contribution is 5.96. The number of hydrogen-bond acceptors (Lipinski definition) is 5. The lowest BCUT2D eigenvalue weighted by molar-refractivity contribution is -0.0740. The van der Waals surface area contributed by atoms with Crippen molar-refractivity contribution >= 4 is 5.78 Å².